The highest BCUT2D eigenvalue weighted by Gasteiger charge is 2.10. The maximum Gasteiger partial charge on any atom is 0.165 e. The van der Waals surface area contributed by atoms with Gasteiger partial charge in [-0.1, -0.05) is 6.07 Å². The second kappa shape index (κ2) is 5.68. The molecule has 0 saturated carbocycles. The van der Waals surface area contributed by atoms with E-state index in [0.717, 1.165) is 0 Å². The summed E-state index contributed by atoms with van der Waals surface area (Å²) in [6, 6.07) is 4.34. The zero-order valence-electron chi connectivity index (χ0n) is 8.61. The van der Waals surface area contributed by atoms with Gasteiger partial charge in [0.1, 0.15) is 0 Å². The van der Waals surface area contributed by atoms with Gasteiger partial charge in [-0.2, -0.15) is 0 Å². The summed E-state index contributed by atoms with van der Waals surface area (Å²) >= 11 is 0. The maximum absolute atomic E-state index is 13.2. The van der Waals surface area contributed by atoms with Crippen molar-refractivity contribution in [1.82, 2.24) is 0 Å². The average Bonchev–Trinajstić information content (AvgIpc) is 2.25. The summed E-state index contributed by atoms with van der Waals surface area (Å²) in [5, 5.41) is 18.2. The van der Waals surface area contributed by atoms with Crippen molar-refractivity contribution in [2.45, 2.75) is 18.9 Å². The Morgan fingerprint density at radius 1 is 1.47 bits per heavy atom. The Morgan fingerprint density at radius 2 is 2.20 bits per heavy atom. The molecule has 0 radical (unpaired) electrons. The van der Waals surface area contributed by atoms with Gasteiger partial charge < -0.3 is 14.9 Å². The largest absolute Gasteiger partial charge is 0.494 e. The van der Waals surface area contributed by atoms with Crippen LogP contribution in [0.3, 0.4) is 0 Å². The first kappa shape index (κ1) is 11.9. The van der Waals surface area contributed by atoms with Crippen molar-refractivity contribution >= 4 is 0 Å². The number of rotatable bonds is 5. The molecule has 1 aromatic rings. The van der Waals surface area contributed by atoms with Crippen molar-refractivity contribution < 1.29 is 19.3 Å². The lowest BCUT2D eigenvalue weighted by molar-refractivity contribution is 0.151. The molecular formula is C11H15FO3. The average molecular weight is 214 g/mol. The van der Waals surface area contributed by atoms with Gasteiger partial charge in [0.25, 0.3) is 0 Å². The normalized spacial score (nSPS) is 12.5. The van der Waals surface area contributed by atoms with Crippen LogP contribution in [0.2, 0.25) is 0 Å². The van der Waals surface area contributed by atoms with Crippen LogP contribution in [0, 0.1) is 5.82 Å². The number of halogens is 1. The molecule has 3 nitrogen and oxygen atoms in total. The molecule has 2 N–H and O–H groups in total. The molecule has 0 aliphatic carbocycles. The molecule has 0 aliphatic heterocycles. The molecule has 4 heteroatoms. The summed E-state index contributed by atoms with van der Waals surface area (Å²) in [7, 11) is 1.39. The van der Waals surface area contributed by atoms with Crippen LogP contribution < -0.4 is 4.74 Å². The van der Waals surface area contributed by atoms with Crippen molar-refractivity contribution in [1.29, 1.82) is 0 Å². The summed E-state index contributed by atoms with van der Waals surface area (Å²) in [6.07, 6.45) is 0.175. The molecule has 0 bridgehead atoms. The van der Waals surface area contributed by atoms with E-state index in [2.05, 4.69) is 0 Å². The molecule has 1 aromatic carbocycles. The van der Waals surface area contributed by atoms with Crippen LogP contribution in [0.25, 0.3) is 0 Å². The number of benzene rings is 1. The lowest BCUT2D eigenvalue weighted by atomic mass is 10.0. The van der Waals surface area contributed by atoms with Gasteiger partial charge in [-0.15, -0.1) is 0 Å². The summed E-state index contributed by atoms with van der Waals surface area (Å²) in [5.41, 5.74) is 0.502. The van der Waals surface area contributed by atoms with Gasteiger partial charge in [-0.25, -0.2) is 4.39 Å². The highest BCUT2D eigenvalue weighted by Crippen LogP contribution is 2.24. The van der Waals surface area contributed by atoms with Gasteiger partial charge in [0.2, 0.25) is 0 Å². The minimum Gasteiger partial charge on any atom is -0.494 e. The lowest BCUT2D eigenvalue weighted by Crippen LogP contribution is -2.00. The van der Waals surface area contributed by atoms with E-state index in [-0.39, 0.29) is 12.4 Å². The maximum atomic E-state index is 13.2. The van der Waals surface area contributed by atoms with E-state index in [9.17, 15) is 9.50 Å². The van der Waals surface area contributed by atoms with Crippen LogP contribution in [-0.2, 0) is 0 Å². The Hall–Kier alpha value is -1.13. The minimum absolute atomic E-state index is 0.0235. The summed E-state index contributed by atoms with van der Waals surface area (Å²) in [4.78, 5) is 0. The molecule has 0 spiro atoms. The van der Waals surface area contributed by atoms with Gasteiger partial charge >= 0.3 is 0 Å². The third-order valence-electron chi connectivity index (χ3n) is 2.20. The molecule has 0 amide bonds. The minimum atomic E-state index is -0.738. The van der Waals surface area contributed by atoms with Crippen LogP contribution >= 0.6 is 0 Å². The first-order valence-corrected chi connectivity index (χ1v) is 4.81. The number of ether oxygens (including phenoxy) is 1. The standard InChI is InChI=1S/C11H15FO3/c1-15-11-5-4-8(7-9(11)12)10(14)3-2-6-13/h4-5,7,10,13-14H,2-3,6H2,1H3. The molecule has 0 fully saturated rings. The molecule has 0 aliphatic rings. The molecule has 0 saturated heterocycles. The van der Waals surface area contributed by atoms with E-state index in [4.69, 9.17) is 9.84 Å². The number of hydrogen-bond donors (Lipinski definition) is 2. The van der Waals surface area contributed by atoms with Crippen LogP contribution in [-0.4, -0.2) is 23.9 Å². The molecule has 0 aromatic heterocycles. The Morgan fingerprint density at radius 3 is 2.73 bits per heavy atom. The summed E-state index contributed by atoms with van der Waals surface area (Å²) in [5.74, 6) is -0.328. The van der Waals surface area contributed by atoms with E-state index >= 15 is 0 Å². The molecule has 15 heavy (non-hydrogen) atoms. The van der Waals surface area contributed by atoms with Gasteiger partial charge in [0, 0.05) is 6.61 Å². The van der Waals surface area contributed by atoms with Gasteiger partial charge in [-0.3, -0.25) is 0 Å². The molecule has 0 heterocycles. The van der Waals surface area contributed by atoms with Crippen molar-refractivity contribution in [3.63, 3.8) is 0 Å². The van der Waals surface area contributed by atoms with Crippen molar-refractivity contribution in [2.24, 2.45) is 0 Å². The van der Waals surface area contributed by atoms with Gasteiger partial charge in [-0.05, 0) is 30.5 Å². The number of aliphatic hydroxyl groups is 2. The van der Waals surface area contributed by atoms with Gasteiger partial charge in [0.15, 0.2) is 11.6 Å². The molecule has 1 rings (SSSR count). The highest BCUT2D eigenvalue weighted by molar-refractivity contribution is 5.30. The van der Waals surface area contributed by atoms with Crippen LogP contribution in [0.5, 0.6) is 5.75 Å². The van der Waals surface area contributed by atoms with Crippen LogP contribution in [0.1, 0.15) is 24.5 Å². The fourth-order valence-corrected chi connectivity index (χ4v) is 1.34. The first-order valence-electron chi connectivity index (χ1n) is 4.81. The third-order valence-corrected chi connectivity index (χ3v) is 2.20. The van der Waals surface area contributed by atoms with E-state index < -0.39 is 11.9 Å². The van der Waals surface area contributed by atoms with Crippen molar-refractivity contribution in [2.75, 3.05) is 13.7 Å². The topological polar surface area (TPSA) is 49.7 Å². The zero-order valence-corrected chi connectivity index (χ0v) is 8.61. The second-order valence-corrected chi connectivity index (χ2v) is 3.28. The Kier molecular flexibility index (Phi) is 4.52. The third kappa shape index (κ3) is 3.18. The smallest absolute Gasteiger partial charge is 0.165 e. The van der Waals surface area contributed by atoms with Crippen molar-refractivity contribution in [3.8, 4) is 5.75 Å². The molecular weight excluding hydrogens is 199 g/mol. The number of methoxy groups -OCH3 is 1. The summed E-state index contributed by atoms with van der Waals surface area (Å²) < 4.78 is 18.0. The Balaban J connectivity index is 2.73. The fraction of sp³-hybridized carbons (Fsp3) is 0.455. The zero-order chi connectivity index (χ0) is 11.3. The van der Waals surface area contributed by atoms with Crippen LogP contribution in [0.4, 0.5) is 4.39 Å². The number of hydrogen-bond acceptors (Lipinski definition) is 3. The predicted molar refractivity (Wildman–Crippen MR) is 54.2 cm³/mol. The van der Waals surface area contributed by atoms with E-state index in [1.807, 2.05) is 0 Å². The SMILES string of the molecule is COc1ccc(C(O)CCCO)cc1F. The van der Waals surface area contributed by atoms with Gasteiger partial charge in [0.05, 0.1) is 13.2 Å². The first-order chi connectivity index (χ1) is 7.19. The monoisotopic (exact) mass is 214 g/mol. The Bertz CT molecular complexity index is 315. The van der Waals surface area contributed by atoms with Crippen molar-refractivity contribution in [3.05, 3.63) is 29.6 Å². The van der Waals surface area contributed by atoms with E-state index in [1.54, 1.807) is 6.07 Å². The highest BCUT2D eigenvalue weighted by atomic mass is 19.1. The van der Waals surface area contributed by atoms with E-state index in [0.29, 0.717) is 18.4 Å². The van der Waals surface area contributed by atoms with E-state index in [1.165, 1.54) is 19.2 Å². The lowest BCUT2D eigenvalue weighted by Gasteiger charge is -2.11. The predicted octanol–water partition coefficient (Wildman–Crippen LogP) is 1.64. The Labute approximate surface area is 88.1 Å². The van der Waals surface area contributed by atoms with Crippen LogP contribution in [0.15, 0.2) is 18.2 Å². The molecule has 1 unspecified atom stereocenters. The number of aliphatic hydroxyl groups excluding tert-OH is 2. The fourth-order valence-electron chi connectivity index (χ4n) is 1.34. The second-order valence-electron chi connectivity index (χ2n) is 3.28. The summed E-state index contributed by atoms with van der Waals surface area (Å²) in [6.45, 7) is 0.0235. The quantitative estimate of drug-likeness (QED) is 0.783. The molecule has 84 valence electrons. The molecule has 1 atom stereocenters.